The van der Waals surface area contributed by atoms with Crippen molar-refractivity contribution in [2.24, 2.45) is 0 Å². The minimum Gasteiger partial charge on any atom is -0.378 e. The van der Waals surface area contributed by atoms with Gasteiger partial charge in [0.2, 0.25) is 11.9 Å². The quantitative estimate of drug-likeness (QED) is 0.492. The highest BCUT2D eigenvalue weighted by Gasteiger charge is 2.26. The SMILES string of the molecule is Cc1ccc(-n2c(SC(C)C(=O)N(C)Cc3cccc(F)c3)nnc2N2CCOCC2)cc1. The first-order valence-corrected chi connectivity index (χ1v) is 11.8. The van der Waals surface area contributed by atoms with Crippen LogP contribution in [0.4, 0.5) is 10.3 Å². The Hall–Kier alpha value is -2.91. The second-order valence-electron chi connectivity index (χ2n) is 8.14. The molecule has 1 fully saturated rings. The molecule has 0 N–H and O–H groups in total. The van der Waals surface area contributed by atoms with Crippen LogP contribution in [-0.2, 0) is 16.1 Å². The number of rotatable bonds is 7. The zero-order valence-corrected chi connectivity index (χ0v) is 19.9. The number of carbonyl (C=O) groups excluding carboxylic acids is 1. The van der Waals surface area contributed by atoms with Gasteiger partial charge in [0.1, 0.15) is 5.82 Å². The smallest absolute Gasteiger partial charge is 0.235 e. The maximum Gasteiger partial charge on any atom is 0.235 e. The van der Waals surface area contributed by atoms with Gasteiger partial charge >= 0.3 is 0 Å². The molecule has 174 valence electrons. The molecular weight excluding hydrogens is 441 g/mol. The van der Waals surface area contributed by atoms with E-state index < -0.39 is 5.25 Å². The van der Waals surface area contributed by atoms with Gasteiger partial charge in [-0.1, -0.05) is 41.6 Å². The van der Waals surface area contributed by atoms with Gasteiger partial charge in [0.05, 0.1) is 24.2 Å². The Morgan fingerprint density at radius 3 is 2.61 bits per heavy atom. The molecule has 2 aromatic carbocycles. The molecule has 2 heterocycles. The van der Waals surface area contributed by atoms with Crippen LogP contribution in [-0.4, -0.2) is 64.2 Å². The lowest BCUT2D eigenvalue weighted by Gasteiger charge is -2.28. The van der Waals surface area contributed by atoms with Gasteiger partial charge in [-0.15, -0.1) is 10.2 Å². The fraction of sp³-hybridized carbons (Fsp3) is 0.375. The Morgan fingerprint density at radius 1 is 1.18 bits per heavy atom. The third-order valence-electron chi connectivity index (χ3n) is 5.52. The van der Waals surface area contributed by atoms with Crippen molar-refractivity contribution in [1.29, 1.82) is 0 Å². The summed E-state index contributed by atoms with van der Waals surface area (Å²) in [6.45, 7) is 7.00. The van der Waals surface area contributed by atoms with Crippen LogP contribution in [0.15, 0.2) is 53.7 Å². The number of anilines is 1. The Morgan fingerprint density at radius 2 is 1.91 bits per heavy atom. The van der Waals surface area contributed by atoms with Crippen LogP contribution in [0.25, 0.3) is 5.69 Å². The van der Waals surface area contributed by atoms with Crippen molar-refractivity contribution in [3.8, 4) is 5.69 Å². The third-order valence-corrected chi connectivity index (χ3v) is 6.55. The van der Waals surface area contributed by atoms with Crippen LogP contribution in [0, 0.1) is 12.7 Å². The number of thioether (sulfide) groups is 1. The summed E-state index contributed by atoms with van der Waals surface area (Å²) in [5.74, 6) is 0.380. The highest BCUT2D eigenvalue weighted by atomic mass is 32.2. The molecule has 1 aromatic heterocycles. The number of aromatic nitrogens is 3. The summed E-state index contributed by atoms with van der Waals surface area (Å²) in [4.78, 5) is 16.8. The minimum absolute atomic E-state index is 0.0596. The number of halogens is 1. The fourth-order valence-electron chi connectivity index (χ4n) is 3.73. The second-order valence-corrected chi connectivity index (χ2v) is 9.45. The summed E-state index contributed by atoms with van der Waals surface area (Å²) < 4.78 is 21.0. The van der Waals surface area contributed by atoms with Crippen LogP contribution in [0.1, 0.15) is 18.1 Å². The molecule has 1 amide bonds. The van der Waals surface area contributed by atoms with E-state index in [2.05, 4.69) is 15.1 Å². The predicted octanol–water partition coefficient (Wildman–Crippen LogP) is 3.69. The highest BCUT2D eigenvalue weighted by molar-refractivity contribution is 8.00. The van der Waals surface area contributed by atoms with Crippen molar-refractivity contribution >= 4 is 23.6 Å². The predicted molar refractivity (Wildman–Crippen MR) is 127 cm³/mol. The molecule has 0 radical (unpaired) electrons. The Balaban J connectivity index is 1.55. The summed E-state index contributed by atoms with van der Waals surface area (Å²) in [6, 6.07) is 14.5. The summed E-state index contributed by atoms with van der Waals surface area (Å²) in [5, 5.41) is 9.17. The van der Waals surface area contributed by atoms with E-state index in [0.717, 1.165) is 35.9 Å². The van der Waals surface area contributed by atoms with Gasteiger partial charge in [-0.05, 0) is 43.7 Å². The third kappa shape index (κ3) is 5.54. The van der Waals surface area contributed by atoms with Crippen molar-refractivity contribution in [2.75, 3.05) is 38.3 Å². The number of carbonyl (C=O) groups is 1. The normalized spacial score (nSPS) is 14.8. The first-order chi connectivity index (χ1) is 15.9. The van der Waals surface area contributed by atoms with Crippen LogP contribution < -0.4 is 4.90 Å². The first-order valence-electron chi connectivity index (χ1n) is 10.9. The molecule has 7 nitrogen and oxygen atoms in total. The standard InChI is InChI=1S/C24H28FN5O2S/c1-17-7-9-21(10-8-17)30-23(29-11-13-32-14-12-29)26-27-24(30)33-18(2)22(31)28(3)16-19-5-4-6-20(25)15-19/h4-10,15,18H,11-14,16H2,1-3H3. The van der Waals surface area contributed by atoms with Crippen molar-refractivity contribution < 1.29 is 13.9 Å². The molecule has 33 heavy (non-hydrogen) atoms. The van der Waals surface area contributed by atoms with Crippen LogP contribution in [0.3, 0.4) is 0 Å². The lowest BCUT2D eigenvalue weighted by Crippen LogP contribution is -2.38. The molecule has 9 heteroatoms. The molecule has 1 unspecified atom stereocenters. The summed E-state index contributed by atoms with van der Waals surface area (Å²) >= 11 is 1.37. The molecule has 3 aromatic rings. The molecule has 4 rings (SSSR count). The van der Waals surface area contributed by atoms with E-state index in [-0.39, 0.29) is 11.7 Å². The van der Waals surface area contributed by atoms with Gasteiger partial charge in [0, 0.05) is 26.7 Å². The maximum absolute atomic E-state index is 13.5. The van der Waals surface area contributed by atoms with E-state index in [1.807, 2.05) is 48.7 Å². The van der Waals surface area contributed by atoms with Gasteiger partial charge in [0.15, 0.2) is 5.16 Å². The van der Waals surface area contributed by atoms with E-state index in [1.54, 1.807) is 18.0 Å². The number of benzene rings is 2. The molecular formula is C24H28FN5O2S. The van der Waals surface area contributed by atoms with E-state index in [0.29, 0.717) is 24.9 Å². The molecule has 1 aliphatic heterocycles. The molecule has 1 aliphatic rings. The average Bonchev–Trinajstić information content (AvgIpc) is 3.23. The van der Waals surface area contributed by atoms with E-state index >= 15 is 0 Å². The number of hydrogen-bond acceptors (Lipinski definition) is 6. The van der Waals surface area contributed by atoms with Gasteiger partial charge < -0.3 is 14.5 Å². The topological polar surface area (TPSA) is 63.5 Å². The van der Waals surface area contributed by atoms with Gasteiger partial charge in [-0.3, -0.25) is 9.36 Å². The zero-order valence-electron chi connectivity index (χ0n) is 19.1. The largest absolute Gasteiger partial charge is 0.378 e. The fourth-order valence-corrected chi connectivity index (χ4v) is 4.71. The van der Waals surface area contributed by atoms with Crippen LogP contribution in [0.5, 0.6) is 0 Å². The Bertz CT molecular complexity index is 1100. The maximum atomic E-state index is 13.5. The molecule has 1 saturated heterocycles. The second kappa shape index (κ2) is 10.4. The van der Waals surface area contributed by atoms with Crippen molar-refractivity contribution in [2.45, 2.75) is 30.8 Å². The van der Waals surface area contributed by atoms with E-state index in [9.17, 15) is 9.18 Å². The summed E-state index contributed by atoms with van der Waals surface area (Å²) in [5.41, 5.74) is 2.86. The molecule has 1 atom stereocenters. The Labute approximate surface area is 197 Å². The Kier molecular flexibility index (Phi) is 7.29. The lowest BCUT2D eigenvalue weighted by molar-refractivity contribution is -0.129. The number of nitrogens with zero attached hydrogens (tertiary/aromatic N) is 5. The van der Waals surface area contributed by atoms with Crippen LogP contribution in [0.2, 0.25) is 0 Å². The number of amides is 1. The number of morpholine rings is 1. The number of aryl methyl sites for hydroxylation is 1. The van der Waals surface area contributed by atoms with Crippen molar-refractivity contribution in [1.82, 2.24) is 19.7 Å². The highest BCUT2D eigenvalue weighted by Crippen LogP contribution is 2.30. The molecule has 0 spiro atoms. The van der Waals surface area contributed by atoms with E-state index in [1.165, 1.54) is 23.9 Å². The monoisotopic (exact) mass is 469 g/mol. The molecule has 0 saturated carbocycles. The van der Waals surface area contributed by atoms with Crippen molar-refractivity contribution in [3.63, 3.8) is 0 Å². The molecule has 0 aliphatic carbocycles. The lowest BCUT2D eigenvalue weighted by atomic mass is 10.2. The van der Waals surface area contributed by atoms with E-state index in [4.69, 9.17) is 4.74 Å². The summed E-state index contributed by atoms with van der Waals surface area (Å²) in [6.07, 6.45) is 0. The van der Waals surface area contributed by atoms with Gasteiger partial charge in [-0.25, -0.2) is 4.39 Å². The van der Waals surface area contributed by atoms with Crippen molar-refractivity contribution in [3.05, 3.63) is 65.5 Å². The zero-order chi connectivity index (χ0) is 23.4. The van der Waals surface area contributed by atoms with Gasteiger partial charge in [0.25, 0.3) is 0 Å². The first kappa shape index (κ1) is 23.3. The number of ether oxygens (including phenoxy) is 1. The summed E-state index contributed by atoms with van der Waals surface area (Å²) in [7, 11) is 1.73. The number of hydrogen-bond donors (Lipinski definition) is 0. The van der Waals surface area contributed by atoms with Crippen LogP contribution >= 0.6 is 11.8 Å². The minimum atomic E-state index is -0.394. The average molecular weight is 470 g/mol. The molecule has 0 bridgehead atoms. The van der Waals surface area contributed by atoms with Gasteiger partial charge in [-0.2, -0.15) is 0 Å².